The molecule has 0 bridgehead atoms. The van der Waals surface area contributed by atoms with Crippen molar-refractivity contribution in [3.05, 3.63) is 29.3 Å². The van der Waals surface area contributed by atoms with Gasteiger partial charge in [-0.2, -0.15) is 0 Å². The first kappa shape index (κ1) is 14.4. The molecule has 0 saturated carbocycles. The predicted octanol–water partition coefficient (Wildman–Crippen LogP) is 3.67. The minimum atomic E-state index is 0.124. The van der Waals surface area contributed by atoms with Crippen molar-refractivity contribution in [2.24, 2.45) is 5.92 Å². The molecule has 1 fully saturated rings. The van der Waals surface area contributed by atoms with Gasteiger partial charge in [0.15, 0.2) is 0 Å². The van der Waals surface area contributed by atoms with E-state index in [1.54, 1.807) is 0 Å². The molecular weight excluding hydrogens is 234 g/mol. The van der Waals surface area contributed by atoms with Crippen molar-refractivity contribution >= 4 is 0 Å². The average Bonchev–Trinajstić information content (AvgIpc) is 2.30. The maximum absolute atomic E-state index is 6.37. The van der Waals surface area contributed by atoms with E-state index in [-0.39, 0.29) is 5.41 Å². The largest absolute Gasteiger partial charge is 0.490 e. The Morgan fingerprint density at radius 2 is 2.00 bits per heavy atom. The van der Waals surface area contributed by atoms with Gasteiger partial charge in [0.1, 0.15) is 11.9 Å². The average molecular weight is 261 g/mol. The highest BCUT2D eigenvalue weighted by Crippen LogP contribution is 2.33. The van der Waals surface area contributed by atoms with Gasteiger partial charge < -0.3 is 10.1 Å². The van der Waals surface area contributed by atoms with Gasteiger partial charge in [-0.25, -0.2) is 0 Å². The summed E-state index contributed by atoms with van der Waals surface area (Å²) in [4.78, 5) is 0. The summed E-state index contributed by atoms with van der Waals surface area (Å²) in [5, 5.41) is 3.43. The summed E-state index contributed by atoms with van der Waals surface area (Å²) in [5.41, 5.74) is 2.70. The van der Waals surface area contributed by atoms with E-state index in [2.05, 4.69) is 58.1 Å². The Morgan fingerprint density at radius 1 is 1.26 bits per heavy atom. The van der Waals surface area contributed by atoms with Crippen LogP contribution in [-0.4, -0.2) is 19.2 Å². The number of rotatable bonds is 2. The topological polar surface area (TPSA) is 21.3 Å². The van der Waals surface area contributed by atoms with E-state index >= 15 is 0 Å². The minimum Gasteiger partial charge on any atom is -0.490 e. The fraction of sp³-hybridized carbons (Fsp3) is 0.647. The number of aryl methyl sites for hydroxylation is 1. The summed E-state index contributed by atoms with van der Waals surface area (Å²) >= 11 is 0. The molecule has 1 aromatic carbocycles. The molecule has 2 nitrogen and oxygen atoms in total. The van der Waals surface area contributed by atoms with E-state index in [4.69, 9.17) is 4.74 Å². The molecule has 1 heterocycles. The molecular formula is C17H27NO. The van der Waals surface area contributed by atoms with Gasteiger partial charge in [0, 0.05) is 12.5 Å². The number of piperidine rings is 1. The molecule has 0 amide bonds. The van der Waals surface area contributed by atoms with Crippen molar-refractivity contribution < 1.29 is 4.74 Å². The second-order valence-electron chi connectivity index (χ2n) is 6.88. The number of ether oxygens (including phenoxy) is 1. The smallest absolute Gasteiger partial charge is 0.123 e. The Kier molecular flexibility index (Phi) is 4.19. The molecule has 1 saturated heterocycles. The molecule has 2 unspecified atom stereocenters. The van der Waals surface area contributed by atoms with E-state index in [9.17, 15) is 0 Å². The summed E-state index contributed by atoms with van der Waals surface area (Å²) in [5.74, 6) is 1.65. The highest BCUT2D eigenvalue weighted by Gasteiger charge is 2.26. The van der Waals surface area contributed by atoms with E-state index in [0.29, 0.717) is 12.0 Å². The third kappa shape index (κ3) is 3.50. The van der Waals surface area contributed by atoms with Crippen LogP contribution in [0, 0.1) is 12.8 Å². The van der Waals surface area contributed by atoms with E-state index in [0.717, 1.165) is 25.3 Å². The highest BCUT2D eigenvalue weighted by molar-refractivity contribution is 5.41. The molecule has 1 aliphatic heterocycles. The van der Waals surface area contributed by atoms with Gasteiger partial charge in [-0.15, -0.1) is 0 Å². The van der Waals surface area contributed by atoms with Crippen molar-refractivity contribution in [2.75, 3.05) is 13.1 Å². The lowest BCUT2D eigenvalue weighted by atomic mass is 9.85. The Bertz CT molecular complexity index is 433. The van der Waals surface area contributed by atoms with Crippen LogP contribution in [0.2, 0.25) is 0 Å². The molecule has 1 aliphatic rings. The lowest BCUT2D eigenvalue weighted by molar-refractivity contribution is 0.109. The van der Waals surface area contributed by atoms with Crippen LogP contribution in [0.3, 0.4) is 0 Å². The maximum Gasteiger partial charge on any atom is 0.123 e. The van der Waals surface area contributed by atoms with Crippen LogP contribution in [0.5, 0.6) is 5.75 Å². The Balaban J connectivity index is 2.25. The predicted molar refractivity (Wildman–Crippen MR) is 80.9 cm³/mol. The van der Waals surface area contributed by atoms with Gasteiger partial charge in [0.05, 0.1) is 0 Å². The first-order chi connectivity index (χ1) is 8.88. The molecule has 0 spiro atoms. The molecule has 106 valence electrons. The van der Waals surface area contributed by atoms with Gasteiger partial charge >= 0.3 is 0 Å². The van der Waals surface area contributed by atoms with Crippen molar-refractivity contribution in [3.63, 3.8) is 0 Å². The van der Waals surface area contributed by atoms with Gasteiger partial charge in [-0.3, -0.25) is 0 Å². The summed E-state index contributed by atoms with van der Waals surface area (Å²) in [6.07, 6.45) is 1.43. The molecule has 19 heavy (non-hydrogen) atoms. The molecule has 0 radical (unpaired) electrons. The van der Waals surface area contributed by atoms with Crippen molar-refractivity contribution in [3.8, 4) is 5.75 Å². The Morgan fingerprint density at radius 3 is 2.63 bits per heavy atom. The second kappa shape index (κ2) is 5.54. The van der Waals surface area contributed by atoms with Gasteiger partial charge in [-0.05, 0) is 42.5 Å². The maximum atomic E-state index is 6.37. The van der Waals surface area contributed by atoms with Crippen LogP contribution in [0.4, 0.5) is 0 Å². The Hall–Kier alpha value is -1.02. The quantitative estimate of drug-likeness (QED) is 0.877. The molecule has 1 aromatic rings. The van der Waals surface area contributed by atoms with Gasteiger partial charge in [-0.1, -0.05) is 39.8 Å². The lowest BCUT2D eigenvalue weighted by Crippen LogP contribution is -2.41. The van der Waals surface area contributed by atoms with Crippen LogP contribution in [-0.2, 0) is 5.41 Å². The summed E-state index contributed by atoms with van der Waals surface area (Å²) in [6, 6.07) is 6.59. The molecule has 0 aliphatic carbocycles. The number of hydrogen-bond donors (Lipinski definition) is 1. The molecule has 1 N–H and O–H groups in total. The van der Waals surface area contributed by atoms with E-state index in [1.807, 2.05) is 0 Å². The standard InChI is InChI=1S/C17H27NO/c1-12-6-7-14(17(3,4)5)16(10-12)19-15-8-9-18-11-13(15)2/h6-7,10,13,15,18H,8-9,11H2,1-5H3. The fourth-order valence-electron chi connectivity index (χ4n) is 2.67. The molecule has 2 heteroatoms. The number of nitrogens with one attached hydrogen (secondary N) is 1. The monoisotopic (exact) mass is 261 g/mol. The third-order valence-electron chi connectivity index (χ3n) is 3.93. The lowest BCUT2D eigenvalue weighted by Gasteiger charge is -2.32. The third-order valence-corrected chi connectivity index (χ3v) is 3.93. The van der Waals surface area contributed by atoms with E-state index in [1.165, 1.54) is 11.1 Å². The zero-order chi connectivity index (χ0) is 14.0. The Labute approximate surface area is 117 Å². The summed E-state index contributed by atoms with van der Waals surface area (Å²) in [6.45, 7) is 13.3. The SMILES string of the molecule is Cc1ccc(C(C)(C)C)c(OC2CCNCC2C)c1. The van der Waals surface area contributed by atoms with Gasteiger partial charge in [0.2, 0.25) is 0 Å². The van der Waals surface area contributed by atoms with Crippen LogP contribution in [0.15, 0.2) is 18.2 Å². The summed E-state index contributed by atoms with van der Waals surface area (Å²) < 4.78 is 6.37. The number of benzene rings is 1. The first-order valence-corrected chi connectivity index (χ1v) is 7.36. The van der Waals surface area contributed by atoms with Crippen LogP contribution in [0.25, 0.3) is 0 Å². The zero-order valence-corrected chi connectivity index (χ0v) is 12.9. The number of hydrogen-bond acceptors (Lipinski definition) is 2. The minimum absolute atomic E-state index is 0.124. The van der Waals surface area contributed by atoms with Crippen molar-refractivity contribution in [1.82, 2.24) is 5.32 Å². The second-order valence-corrected chi connectivity index (χ2v) is 6.88. The van der Waals surface area contributed by atoms with Crippen molar-refractivity contribution in [2.45, 2.75) is 52.6 Å². The van der Waals surface area contributed by atoms with Crippen LogP contribution < -0.4 is 10.1 Å². The molecule has 2 rings (SSSR count). The zero-order valence-electron chi connectivity index (χ0n) is 12.9. The highest BCUT2D eigenvalue weighted by atomic mass is 16.5. The van der Waals surface area contributed by atoms with Crippen LogP contribution >= 0.6 is 0 Å². The first-order valence-electron chi connectivity index (χ1n) is 7.36. The van der Waals surface area contributed by atoms with Crippen molar-refractivity contribution in [1.29, 1.82) is 0 Å². The normalized spacial score (nSPS) is 24.3. The molecule has 2 atom stereocenters. The molecule has 0 aromatic heterocycles. The van der Waals surface area contributed by atoms with E-state index < -0.39 is 0 Å². The fourth-order valence-corrected chi connectivity index (χ4v) is 2.67. The van der Waals surface area contributed by atoms with Crippen LogP contribution in [0.1, 0.15) is 45.2 Å². The van der Waals surface area contributed by atoms with Gasteiger partial charge in [0.25, 0.3) is 0 Å². The summed E-state index contributed by atoms with van der Waals surface area (Å²) in [7, 11) is 0.